The molecule has 5 nitrogen and oxygen atoms in total. The molecule has 5 heteroatoms. The highest BCUT2D eigenvalue weighted by atomic mass is 16.5. The lowest BCUT2D eigenvalue weighted by Crippen LogP contribution is -2.29. The maximum atomic E-state index is 11.9. The predicted molar refractivity (Wildman–Crippen MR) is 71.8 cm³/mol. The Hall–Kier alpha value is -1.75. The molecule has 0 bridgehead atoms. The van der Waals surface area contributed by atoms with Gasteiger partial charge < -0.3 is 20.5 Å². The van der Waals surface area contributed by atoms with Crippen molar-refractivity contribution in [1.29, 1.82) is 0 Å². The molecule has 0 amide bonds. The van der Waals surface area contributed by atoms with Crippen LogP contribution in [0.4, 0.5) is 11.4 Å². The van der Waals surface area contributed by atoms with Gasteiger partial charge in [0.15, 0.2) is 0 Å². The fraction of sp³-hybridized carbons (Fsp3) is 0.462. The zero-order valence-corrected chi connectivity index (χ0v) is 10.8. The molecule has 0 fully saturated rings. The first-order chi connectivity index (χ1) is 8.65. The van der Waals surface area contributed by atoms with Gasteiger partial charge in [-0.1, -0.05) is 6.07 Å². The molecule has 100 valence electrons. The molecule has 0 aliphatic rings. The van der Waals surface area contributed by atoms with E-state index in [1.165, 1.54) is 0 Å². The van der Waals surface area contributed by atoms with Crippen molar-refractivity contribution in [3.8, 4) is 0 Å². The summed E-state index contributed by atoms with van der Waals surface area (Å²) in [5.74, 6) is -0.392. The summed E-state index contributed by atoms with van der Waals surface area (Å²) in [5, 5.41) is 9.05. The van der Waals surface area contributed by atoms with E-state index < -0.39 is 5.97 Å². The minimum Gasteiger partial charge on any atom is -0.462 e. The second kappa shape index (κ2) is 6.86. The molecule has 1 aromatic rings. The molecule has 0 spiro atoms. The van der Waals surface area contributed by atoms with Crippen molar-refractivity contribution in [1.82, 2.24) is 0 Å². The molecule has 0 aliphatic carbocycles. The molecule has 0 aromatic heterocycles. The van der Waals surface area contributed by atoms with Gasteiger partial charge >= 0.3 is 5.97 Å². The molecule has 0 heterocycles. The Kier molecular flexibility index (Phi) is 5.45. The number of esters is 1. The number of nitrogens with zero attached hydrogens (tertiary/aromatic N) is 1. The van der Waals surface area contributed by atoms with Gasteiger partial charge in [-0.15, -0.1) is 0 Å². The summed E-state index contributed by atoms with van der Waals surface area (Å²) in [7, 11) is 0. The molecule has 0 unspecified atom stereocenters. The smallest absolute Gasteiger partial charge is 0.340 e. The number of likely N-dealkylation sites (N-methyl/N-ethyl adjacent to an activating group) is 1. The Bertz CT molecular complexity index is 407. The quantitative estimate of drug-likeness (QED) is 0.589. The number of ether oxygens (including phenoxy) is 1. The van der Waals surface area contributed by atoms with E-state index in [-0.39, 0.29) is 6.61 Å². The zero-order chi connectivity index (χ0) is 13.5. The number of hydrogen-bond acceptors (Lipinski definition) is 5. The van der Waals surface area contributed by atoms with Gasteiger partial charge in [0.25, 0.3) is 0 Å². The summed E-state index contributed by atoms with van der Waals surface area (Å²) in [6.07, 6.45) is 0. The number of hydrogen-bond donors (Lipinski definition) is 2. The van der Waals surface area contributed by atoms with Gasteiger partial charge in [-0.2, -0.15) is 0 Å². The molecule has 0 atom stereocenters. The minimum absolute atomic E-state index is 0.00440. The van der Waals surface area contributed by atoms with Gasteiger partial charge in [0.1, 0.15) is 0 Å². The van der Waals surface area contributed by atoms with Gasteiger partial charge in [0.05, 0.1) is 30.2 Å². The second-order valence-corrected chi connectivity index (χ2v) is 3.77. The molecule has 18 heavy (non-hydrogen) atoms. The maximum absolute atomic E-state index is 11.9. The fourth-order valence-electron chi connectivity index (χ4n) is 1.84. The third-order valence-corrected chi connectivity index (χ3v) is 2.63. The Morgan fingerprint density at radius 2 is 2.17 bits per heavy atom. The number of aliphatic hydroxyl groups is 1. The third-order valence-electron chi connectivity index (χ3n) is 2.63. The Labute approximate surface area is 107 Å². The third kappa shape index (κ3) is 3.13. The van der Waals surface area contributed by atoms with E-state index >= 15 is 0 Å². The van der Waals surface area contributed by atoms with Crippen LogP contribution in [-0.2, 0) is 4.74 Å². The molecule has 0 aliphatic heterocycles. The SMILES string of the molecule is CCOC(=O)c1cccc(N)c1N(CC)CCO. The van der Waals surface area contributed by atoms with Crippen molar-refractivity contribution in [3.05, 3.63) is 23.8 Å². The molecule has 0 saturated heterocycles. The first-order valence-electron chi connectivity index (χ1n) is 6.07. The van der Waals surface area contributed by atoms with E-state index in [4.69, 9.17) is 15.6 Å². The lowest BCUT2D eigenvalue weighted by Gasteiger charge is -2.25. The Morgan fingerprint density at radius 3 is 2.72 bits per heavy atom. The van der Waals surface area contributed by atoms with Crippen LogP contribution in [0.25, 0.3) is 0 Å². The van der Waals surface area contributed by atoms with Gasteiger partial charge in [-0.05, 0) is 26.0 Å². The fourth-order valence-corrected chi connectivity index (χ4v) is 1.84. The number of nitrogens with two attached hydrogens (primary N) is 1. The lowest BCUT2D eigenvalue weighted by molar-refractivity contribution is 0.0527. The van der Waals surface area contributed by atoms with Crippen LogP contribution in [0.2, 0.25) is 0 Å². The van der Waals surface area contributed by atoms with Crippen molar-refractivity contribution in [3.63, 3.8) is 0 Å². The van der Waals surface area contributed by atoms with Gasteiger partial charge in [-0.3, -0.25) is 0 Å². The Balaban J connectivity index is 3.18. The normalized spacial score (nSPS) is 10.2. The van der Waals surface area contributed by atoms with Crippen molar-refractivity contribution in [2.45, 2.75) is 13.8 Å². The van der Waals surface area contributed by atoms with Crippen molar-refractivity contribution in [2.24, 2.45) is 0 Å². The highest BCUT2D eigenvalue weighted by Crippen LogP contribution is 2.28. The molecule has 1 rings (SSSR count). The number of carbonyl (C=O) groups excluding carboxylic acids is 1. The Morgan fingerprint density at radius 1 is 1.44 bits per heavy atom. The van der Waals surface area contributed by atoms with E-state index in [0.29, 0.717) is 36.6 Å². The highest BCUT2D eigenvalue weighted by Gasteiger charge is 2.18. The number of aliphatic hydroxyl groups excluding tert-OH is 1. The van der Waals surface area contributed by atoms with E-state index in [1.807, 2.05) is 11.8 Å². The summed E-state index contributed by atoms with van der Waals surface area (Å²) in [4.78, 5) is 13.7. The number of benzene rings is 1. The van der Waals surface area contributed by atoms with E-state index in [2.05, 4.69) is 0 Å². The number of carbonyl (C=O) groups is 1. The van der Waals surface area contributed by atoms with Gasteiger partial charge in [0.2, 0.25) is 0 Å². The summed E-state index contributed by atoms with van der Waals surface area (Å²) < 4.78 is 5.01. The zero-order valence-electron chi connectivity index (χ0n) is 10.8. The average Bonchev–Trinajstić information content (AvgIpc) is 2.36. The standard InChI is InChI=1S/C13H20N2O3/c1-3-15(8-9-16)12-10(13(17)18-4-2)6-5-7-11(12)14/h5-7,16H,3-4,8-9,14H2,1-2H3. The van der Waals surface area contributed by atoms with Gasteiger partial charge in [0, 0.05) is 13.1 Å². The van der Waals surface area contributed by atoms with Crippen molar-refractivity contribution in [2.75, 3.05) is 36.9 Å². The van der Waals surface area contributed by atoms with Crippen molar-refractivity contribution < 1.29 is 14.6 Å². The predicted octanol–water partition coefficient (Wildman–Crippen LogP) is 1.26. The molecule has 1 aromatic carbocycles. The number of rotatable bonds is 6. The van der Waals surface area contributed by atoms with E-state index in [0.717, 1.165) is 0 Å². The lowest BCUT2D eigenvalue weighted by atomic mass is 10.1. The molecule has 0 radical (unpaired) electrons. The molecule has 0 saturated carbocycles. The second-order valence-electron chi connectivity index (χ2n) is 3.77. The van der Waals surface area contributed by atoms with Crippen LogP contribution in [0, 0.1) is 0 Å². The number of para-hydroxylation sites is 1. The van der Waals surface area contributed by atoms with Crippen molar-refractivity contribution >= 4 is 17.3 Å². The van der Waals surface area contributed by atoms with Crippen LogP contribution in [0.1, 0.15) is 24.2 Å². The first-order valence-corrected chi connectivity index (χ1v) is 6.07. The topological polar surface area (TPSA) is 75.8 Å². The maximum Gasteiger partial charge on any atom is 0.340 e. The highest BCUT2D eigenvalue weighted by molar-refractivity contribution is 5.99. The molecule has 3 N–H and O–H groups in total. The van der Waals surface area contributed by atoms with Crippen LogP contribution in [0.15, 0.2) is 18.2 Å². The van der Waals surface area contributed by atoms with E-state index in [1.54, 1.807) is 25.1 Å². The molecular weight excluding hydrogens is 232 g/mol. The number of anilines is 2. The van der Waals surface area contributed by atoms with Gasteiger partial charge in [-0.25, -0.2) is 4.79 Å². The summed E-state index contributed by atoms with van der Waals surface area (Å²) in [6.45, 7) is 5.11. The monoisotopic (exact) mass is 252 g/mol. The molecular formula is C13H20N2O3. The van der Waals surface area contributed by atoms with Crippen LogP contribution >= 0.6 is 0 Å². The van der Waals surface area contributed by atoms with Crippen LogP contribution in [0.3, 0.4) is 0 Å². The number of nitrogen functional groups attached to an aromatic ring is 1. The first kappa shape index (κ1) is 14.3. The largest absolute Gasteiger partial charge is 0.462 e. The summed E-state index contributed by atoms with van der Waals surface area (Å²) >= 11 is 0. The van der Waals surface area contributed by atoms with E-state index in [9.17, 15) is 4.79 Å². The van der Waals surface area contributed by atoms with Crippen LogP contribution < -0.4 is 10.6 Å². The average molecular weight is 252 g/mol. The summed E-state index contributed by atoms with van der Waals surface area (Å²) in [6, 6.07) is 5.14. The van der Waals surface area contributed by atoms with Crippen LogP contribution in [-0.4, -0.2) is 37.4 Å². The summed E-state index contributed by atoms with van der Waals surface area (Å²) in [5.41, 5.74) is 7.51. The minimum atomic E-state index is -0.392. The van der Waals surface area contributed by atoms with Crippen LogP contribution in [0.5, 0.6) is 0 Å².